The zero-order valence-electron chi connectivity index (χ0n) is 12.9. The Bertz CT molecular complexity index is 392. The van der Waals surface area contributed by atoms with Gasteiger partial charge in [-0.25, -0.2) is 4.39 Å². The molecule has 0 aromatic heterocycles. The molecule has 1 aromatic rings. The summed E-state index contributed by atoms with van der Waals surface area (Å²) in [6, 6.07) is 5.35. The van der Waals surface area contributed by atoms with Crippen LogP contribution < -0.4 is 10.1 Å². The Labute approximate surface area is 121 Å². The molecule has 0 saturated carbocycles. The van der Waals surface area contributed by atoms with Crippen molar-refractivity contribution in [1.29, 1.82) is 0 Å². The lowest BCUT2D eigenvalue weighted by molar-refractivity contribution is 0.0299. The number of halogens is 1. The van der Waals surface area contributed by atoms with E-state index in [0.29, 0.717) is 24.3 Å². The van der Waals surface area contributed by atoms with Crippen LogP contribution in [0.15, 0.2) is 18.2 Å². The predicted octanol–water partition coefficient (Wildman–Crippen LogP) is 3.17. The van der Waals surface area contributed by atoms with Crippen LogP contribution in [0.25, 0.3) is 0 Å². The molecule has 2 atom stereocenters. The van der Waals surface area contributed by atoms with Crippen LogP contribution in [0.5, 0.6) is 5.75 Å². The van der Waals surface area contributed by atoms with E-state index in [1.807, 2.05) is 20.0 Å². The molecule has 3 nitrogen and oxygen atoms in total. The summed E-state index contributed by atoms with van der Waals surface area (Å²) < 4.78 is 25.0. The molecule has 1 N–H and O–H groups in total. The van der Waals surface area contributed by atoms with Gasteiger partial charge >= 0.3 is 0 Å². The van der Waals surface area contributed by atoms with E-state index in [9.17, 15) is 4.39 Å². The molecule has 4 heteroatoms. The van der Waals surface area contributed by atoms with Gasteiger partial charge in [-0.15, -0.1) is 0 Å². The molecule has 0 heterocycles. The number of likely N-dealkylation sites (N-methyl/N-ethyl adjacent to an activating group) is 1. The fraction of sp³-hybridized carbons (Fsp3) is 0.625. The number of nitrogens with one attached hydrogen (secondary N) is 1. The molecule has 20 heavy (non-hydrogen) atoms. The van der Waals surface area contributed by atoms with Crippen molar-refractivity contribution in [2.45, 2.75) is 45.3 Å². The monoisotopic (exact) mass is 283 g/mol. The van der Waals surface area contributed by atoms with Crippen LogP contribution in [0.3, 0.4) is 0 Å². The number of benzene rings is 1. The lowest BCUT2D eigenvalue weighted by atomic mass is 9.98. The first-order chi connectivity index (χ1) is 9.67. The smallest absolute Gasteiger partial charge is 0.168 e. The highest BCUT2D eigenvalue weighted by molar-refractivity contribution is 5.31. The number of methoxy groups -OCH3 is 1. The Morgan fingerprint density at radius 2 is 2.05 bits per heavy atom. The van der Waals surface area contributed by atoms with Crippen molar-refractivity contribution in [2.75, 3.05) is 20.8 Å². The summed E-state index contributed by atoms with van der Waals surface area (Å²) in [5, 5.41) is 3.25. The summed E-state index contributed by atoms with van der Waals surface area (Å²) >= 11 is 0. The number of rotatable bonds is 9. The van der Waals surface area contributed by atoms with Crippen LogP contribution in [0, 0.1) is 5.82 Å². The van der Waals surface area contributed by atoms with Crippen molar-refractivity contribution in [1.82, 2.24) is 5.32 Å². The normalized spacial score (nSPS) is 14.1. The third-order valence-corrected chi connectivity index (χ3v) is 3.48. The van der Waals surface area contributed by atoms with Crippen LogP contribution in [0.1, 0.15) is 32.3 Å². The van der Waals surface area contributed by atoms with Crippen LogP contribution in [0.2, 0.25) is 0 Å². The highest BCUT2D eigenvalue weighted by atomic mass is 19.1. The molecule has 114 valence electrons. The zero-order chi connectivity index (χ0) is 15.0. The highest BCUT2D eigenvalue weighted by Gasteiger charge is 2.22. The molecule has 1 rings (SSSR count). The fourth-order valence-electron chi connectivity index (χ4n) is 2.43. The van der Waals surface area contributed by atoms with Gasteiger partial charge in [-0.3, -0.25) is 0 Å². The van der Waals surface area contributed by atoms with E-state index >= 15 is 0 Å². The minimum Gasteiger partial charge on any atom is -0.494 e. The second-order valence-corrected chi connectivity index (χ2v) is 4.82. The fourth-order valence-corrected chi connectivity index (χ4v) is 2.43. The summed E-state index contributed by atoms with van der Waals surface area (Å²) in [5.74, 6) is 0.0165. The van der Waals surface area contributed by atoms with Gasteiger partial charge in [-0.2, -0.15) is 0 Å². The lowest BCUT2D eigenvalue weighted by Gasteiger charge is -2.27. The quantitative estimate of drug-likeness (QED) is 0.755. The molecular weight excluding hydrogens is 257 g/mol. The molecule has 1 aromatic carbocycles. The molecule has 0 aliphatic heterocycles. The first-order valence-electron chi connectivity index (χ1n) is 7.28. The molecule has 0 amide bonds. The first kappa shape index (κ1) is 16.9. The average Bonchev–Trinajstić information content (AvgIpc) is 2.46. The second-order valence-electron chi connectivity index (χ2n) is 4.82. The summed E-state index contributed by atoms with van der Waals surface area (Å²) in [4.78, 5) is 0. The van der Waals surface area contributed by atoms with Crippen molar-refractivity contribution in [3.05, 3.63) is 29.6 Å². The van der Waals surface area contributed by atoms with E-state index in [-0.39, 0.29) is 18.0 Å². The van der Waals surface area contributed by atoms with Gasteiger partial charge in [-0.1, -0.05) is 25.5 Å². The number of hydrogen-bond acceptors (Lipinski definition) is 3. The maximum Gasteiger partial charge on any atom is 0.168 e. The van der Waals surface area contributed by atoms with E-state index in [2.05, 4.69) is 12.2 Å². The molecule has 0 aliphatic rings. The number of ether oxygens (including phenoxy) is 2. The minimum atomic E-state index is -0.276. The van der Waals surface area contributed by atoms with Crippen molar-refractivity contribution >= 4 is 0 Å². The maximum absolute atomic E-state index is 14.2. The molecule has 2 unspecified atom stereocenters. The maximum atomic E-state index is 14.2. The van der Waals surface area contributed by atoms with Crippen LogP contribution >= 0.6 is 0 Å². The first-order valence-corrected chi connectivity index (χ1v) is 7.28. The molecular formula is C16H26FNO2. The lowest BCUT2D eigenvalue weighted by Crippen LogP contribution is -2.41. The van der Waals surface area contributed by atoms with E-state index in [1.54, 1.807) is 12.1 Å². The molecule has 0 spiro atoms. The molecule has 0 bridgehead atoms. The minimum absolute atomic E-state index is 0.0940. The Kier molecular flexibility index (Phi) is 7.55. The van der Waals surface area contributed by atoms with Gasteiger partial charge < -0.3 is 14.8 Å². The van der Waals surface area contributed by atoms with Gasteiger partial charge in [0.05, 0.1) is 13.2 Å². The summed E-state index contributed by atoms with van der Waals surface area (Å²) in [6.07, 6.45) is 2.69. The molecule has 0 radical (unpaired) electrons. The van der Waals surface area contributed by atoms with Gasteiger partial charge in [0, 0.05) is 12.6 Å². The standard InChI is InChI=1S/C16H26FNO2/c1-5-8-14(20-6-2)13(18-3)11-12-9-7-10-15(19-4)16(12)17/h7,9-10,13-14,18H,5-6,8,11H2,1-4H3. The van der Waals surface area contributed by atoms with Gasteiger partial charge in [0.25, 0.3) is 0 Å². The van der Waals surface area contributed by atoms with Gasteiger partial charge in [-0.05, 0) is 38.4 Å². The van der Waals surface area contributed by atoms with Crippen molar-refractivity contribution in [3.63, 3.8) is 0 Å². The SMILES string of the molecule is CCCC(OCC)C(Cc1cccc(OC)c1F)NC. The van der Waals surface area contributed by atoms with E-state index in [4.69, 9.17) is 9.47 Å². The highest BCUT2D eigenvalue weighted by Crippen LogP contribution is 2.22. The second kappa shape index (κ2) is 8.93. The van der Waals surface area contributed by atoms with Gasteiger partial charge in [0.1, 0.15) is 0 Å². The predicted molar refractivity (Wildman–Crippen MR) is 79.8 cm³/mol. The molecule has 0 saturated heterocycles. The Morgan fingerprint density at radius 3 is 2.60 bits per heavy atom. The zero-order valence-corrected chi connectivity index (χ0v) is 12.9. The molecule has 0 aliphatic carbocycles. The third-order valence-electron chi connectivity index (χ3n) is 3.48. The van der Waals surface area contributed by atoms with E-state index in [0.717, 1.165) is 12.8 Å². The number of hydrogen-bond donors (Lipinski definition) is 1. The Hall–Kier alpha value is -1.13. The topological polar surface area (TPSA) is 30.5 Å². The Balaban J connectivity index is 2.86. The summed E-state index contributed by atoms with van der Waals surface area (Å²) in [6.45, 7) is 4.79. The summed E-state index contributed by atoms with van der Waals surface area (Å²) in [5.41, 5.74) is 0.657. The average molecular weight is 283 g/mol. The van der Waals surface area contributed by atoms with Crippen LogP contribution in [-0.2, 0) is 11.2 Å². The largest absolute Gasteiger partial charge is 0.494 e. The van der Waals surface area contributed by atoms with Crippen molar-refractivity contribution < 1.29 is 13.9 Å². The van der Waals surface area contributed by atoms with Crippen LogP contribution in [0.4, 0.5) is 4.39 Å². The van der Waals surface area contributed by atoms with Gasteiger partial charge in [0.15, 0.2) is 11.6 Å². The van der Waals surface area contributed by atoms with Crippen molar-refractivity contribution in [3.8, 4) is 5.75 Å². The third kappa shape index (κ3) is 4.46. The van der Waals surface area contributed by atoms with Crippen molar-refractivity contribution in [2.24, 2.45) is 0 Å². The van der Waals surface area contributed by atoms with E-state index < -0.39 is 0 Å². The van der Waals surface area contributed by atoms with Crippen LogP contribution in [-0.4, -0.2) is 32.9 Å². The Morgan fingerprint density at radius 1 is 1.30 bits per heavy atom. The van der Waals surface area contributed by atoms with E-state index in [1.165, 1.54) is 7.11 Å². The van der Waals surface area contributed by atoms with Gasteiger partial charge in [0.2, 0.25) is 0 Å². The molecule has 0 fully saturated rings. The summed E-state index contributed by atoms with van der Waals surface area (Å²) in [7, 11) is 3.38.